The van der Waals surface area contributed by atoms with Crippen LogP contribution < -0.4 is 0 Å². The lowest BCUT2D eigenvalue weighted by Gasteiger charge is -2.23. The fourth-order valence-corrected chi connectivity index (χ4v) is 1.05. The van der Waals surface area contributed by atoms with Crippen molar-refractivity contribution in [3.05, 3.63) is 37.1 Å². The van der Waals surface area contributed by atoms with E-state index in [0.29, 0.717) is 0 Å². The zero-order valence-electron chi connectivity index (χ0n) is 5.70. The van der Waals surface area contributed by atoms with Gasteiger partial charge in [-0.1, -0.05) is 23.8 Å². The molecule has 1 rings (SSSR count). The van der Waals surface area contributed by atoms with E-state index in [-0.39, 0.29) is 5.50 Å². The van der Waals surface area contributed by atoms with Gasteiger partial charge in [0.1, 0.15) is 5.50 Å². The summed E-state index contributed by atoms with van der Waals surface area (Å²) in [7, 11) is 0. The maximum atomic E-state index is 5.90. The summed E-state index contributed by atoms with van der Waals surface area (Å²) >= 11 is 5.90. The molecule has 0 amide bonds. The van der Waals surface area contributed by atoms with Crippen molar-refractivity contribution in [2.75, 3.05) is 6.54 Å². The van der Waals surface area contributed by atoms with E-state index in [1.165, 1.54) is 0 Å². The van der Waals surface area contributed by atoms with E-state index in [9.17, 15) is 0 Å². The molecule has 1 unspecified atom stereocenters. The van der Waals surface area contributed by atoms with E-state index in [1.807, 2.05) is 35.4 Å². The van der Waals surface area contributed by atoms with Gasteiger partial charge in [0.2, 0.25) is 0 Å². The first-order valence-corrected chi connectivity index (χ1v) is 3.64. The Morgan fingerprint density at radius 2 is 2.40 bits per heavy atom. The molecule has 1 heterocycles. The van der Waals surface area contributed by atoms with Crippen LogP contribution >= 0.6 is 11.6 Å². The van der Waals surface area contributed by atoms with Gasteiger partial charge in [0.05, 0.1) is 0 Å². The van der Waals surface area contributed by atoms with Crippen molar-refractivity contribution in [1.82, 2.24) is 4.90 Å². The zero-order chi connectivity index (χ0) is 7.40. The van der Waals surface area contributed by atoms with Crippen molar-refractivity contribution in [1.29, 1.82) is 0 Å². The number of allylic oxidation sites excluding steroid dienone is 2. The lowest BCUT2D eigenvalue weighted by molar-refractivity contribution is 0.424. The van der Waals surface area contributed by atoms with Gasteiger partial charge >= 0.3 is 0 Å². The first-order chi connectivity index (χ1) is 4.84. The van der Waals surface area contributed by atoms with E-state index in [4.69, 9.17) is 11.6 Å². The summed E-state index contributed by atoms with van der Waals surface area (Å²) in [6.07, 6.45) is 9.63. The van der Waals surface area contributed by atoms with Crippen LogP contribution in [-0.2, 0) is 0 Å². The molecule has 0 fully saturated rings. The molecule has 54 valence electrons. The summed E-state index contributed by atoms with van der Waals surface area (Å²) in [6, 6.07) is 0. The molecule has 1 aliphatic rings. The van der Waals surface area contributed by atoms with Crippen molar-refractivity contribution in [3.63, 3.8) is 0 Å². The van der Waals surface area contributed by atoms with Gasteiger partial charge in [-0.25, -0.2) is 0 Å². The molecule has 0 aromatic rings. The summed E-state index contributed by atoms with van der Waals surface area (Å²) in [5, 5.41) is 0. The van der Waals surface area contributed by atoms with Crippen molar-refractivity contribution in [3.8, 4) is 0 Å². The second-order valence-electron chi connectivity index (χ2n) is 2.08. The second-order valence-corrected chi connectivity index (χ2v) is 2.53. The minimum absolute atomic E-state index is 0.0111. The number of hydrogen-bond acceptors (Lipinski definition) is 1. The van der Waals surface area contributed by atoms with E-state index in [0.717, 1.165) is 6.54 Å². The molecule has 0 bridgehead atoms. The van der Waals surface area contributed by atoms with Crippen LogP contribution in [0.3, 0.4) is 0 Å². The van der Waals surface area contributed by atoms with Gasteiger partial charge < -0.3 is 4.90 Å². The topological polar surface area (TPSA) is 3.24 Å². The van der Waals surface area contributed by atoms with Crippen molar-refractivity contribution < 1.29 is 0 Å². The molecule has 0 radical (unpaired) electrons. The highest BCUT2D eigenvalue weighted by Crippen LogP contribution is 2.10. The van der Waals surface area contributed by atoms with Crippen LogP contribution in [-0.4, -0.2) is 16.9 Å². The Kier molecular flexibility index (Phi) is 2.57. The number of rotatable bonds is 2. The SMILES string of the molecule is C=CCN1C=CC=CC1Cl. The van der Waals surface area contributed by atoms with E-state index in [1.54, 1.807) is 0 Å². The molecule has 1 nitrogen and oxygen atoms in total. The minimum atomic E-state index is -0.0111. The molecule has 2 heteroatoms. The Labute approximate surface area is 66.3 Å². The van der Waals surface area contributed by atoms with Crippen LogP contribution in [0.4, 0.5) is 0 Å². The standard InChI is InChI=1S/C8H10ClN/c1-2-6-10-7-4-3-5-8(10)9/h2-5,7-8H,1,6H2. The Hall–Kier alpha value is -0.690. The minimum Gasteiger partial charge on any atom is -0.354 e. The van der Waals surface area contributed by atoms with Crippen molar-refractivity contribution >= 4 is 11.6 Å². The van der Waals surface area contributed by atoms with E-state index < -0.39 is 0 Å². The Bertz CT molecular complexity index is 172. The molecule has 0 N–H and O–H groups in total. The lowest BCUT2D eigenvalue weighted by Crippen LogP contribution is -2.25. The largest absolute Gasteiger partial charge is 0.354 e. The third-order valence-electron chi connectivity index (χ3n) is 1.32. The van der Waals surface area contributed by atoms with Crippen molar-refractivity contribution in [2.45, 2.75) is 5.50 Å². The number of hydrogen-bond donors (Lipinski definition) is 0. The Morgan fingerprint density at radius 1 is 1.60 bits per heavy atom. The van der Waals surface area contributed by atoms with Gasteiger partial charge in [-0.2, -0.15) is 0 Å². The summed E-state index contributed by atoms with van der Waals surface area (Å²) in [6.45, 7) is 4.43. The van der Waals surface area contributed by atoms with Gasteiger partial charge in [0.25, 0.3) is 0 Å². The smallest absolute Gasteiger partial charge is 0.123 e. The zero-order valence-corrected chi connectivity index (χ0v) is 6.46. The van der Waals surface area contributed by atoms with Gasteiger partial charge in [-0.15, -0.1) is 6.58 Å². The fraction of sp³-hybridized carbons (Fsp3) is 0.250. The number of nitrogens with zero attached hydrogens (tertiary/aromatic N) is 1. The normalized spacial score (nSPS) is 23.3. The monoisotopic (exact) mass is 155 g/mol. The summed E-state index contributed by atoms with van der Waals surface area (Å²) < 4.78 is 0. The van der Waals surface area contributed by atoms with Gasteiger partial charge in [0.15, 0.2) is 0 Å². The molecular weight excluding hydrogens is 146 g/mol. The maximum Gasteiger partial charge on any atom is 0.123 e. The fourth-order valence-electron chi connectivity index (χ4n) is 0.819. The van der Waals surface area contributed by atoms with Crippen LogP contribution in [0.5, 0.6) is 0 Å². The highest BCUT2D eigenvalue weighted by molar-refractivity contribution is 6.21. The molecule has 0 aromatic carbocycles. The molecule has 1 atom stereocenters. The molecule has 10 heavy (non-hydrogen) atoms. The summed E-state index contributed by atoms with van der Waals surface area (Å²) in [4.78, 5) is 1.99. The molecule has 0 aromatic heterocycles. The van der Waals surface area contributed by atoms with Crippen LogP contribution in [0.15, 0.2) is 37.1 Å². The molecule has 0 saturated heterocycles. The van der Waals surface area contributed by atoms with Gasteiger partial charge in [0, 0.05) is 12.7 Å². The summed E-state index contributed by atoms with van der Waals surface area (Å²) in [5.74, 6) is 0. The van der Waals surface area contributed by atoms with Gasteiger partial charge in [-0.05, 0) is 12.2 Å². The highest BCUT2D eigenvalue weighted by Gasteiger charge is 2.07. The molecule has 0 saturated carbocycles. The Morgan fingerprint density at radius 3 is 3.00 bits per heavy atom. The van der Waals surface area contributed by atoms with E-state index >= 15 is 0 Å². The average Bonchev–Trinajstić information content (AvgIpc) is 1.94. The molecular formula is C8H10ClN. The third-order valence-corrected chi connectivity index (χ3v) is 1.71. The number of alkyl halides is 1. The van der Waals surface area contributed by atoms with Crippen LogP contribution in [0.25, 0.3) is 0 Å². The predicted molar refractivity (Wildman–Crippen MR) is 44.8 cm³/mol. The van der Waals surface area contributed by atoms with Gasteiger partial charge in [-0.3, -0.25) is 0 Å². The predicted octanol–water partition coefficient (Wildman–Crippen LogP) is 2.12. The first kappa shape index (κ1) is 7.42. The first-order valence-electron chi connectivity index (χ1n) is 3.20. The number of halogens is 1. The average molecular weight is 156 g/mol. The molecule has 0 aliphatic carbocycles. The van der Waals surface area contributed by atoms with Crippen molar-refractivity contribution in [2.24, 2.45) is 0 Å². The van der Waals surface area contributed by atoms with Crippen LogP contribution in [0.2, 0.25) is 0 Å². The maximum absolute atomic E-state index is 5.90. The van der Waals surface area contributed by atoms with Crippen LogP contribution in [0, 0.1) is 0 Å². The van der Waals surface area contributed by atoms with E-state index in [2.05, 4.69) is 6.58 Å². The van der Waals surface area contributed by atoms with Crippen LogP contribution in [0.1, 0.15) is 0 Å². The second kappa shape index (κ2) is 3.47. The Balaban J connectivity index is 2.52. The quantitative estimate of drug-likeness (QED) is 0.336. The lowest BCUT2D eigenvalue weighted by atomic mass is 10.3. The summed E-state index contributed by atoms with van der Waals surface area (Å²) in [5.41, 5.74) is -0.0111. The molecule has 1 aliphatic heterocycles. The highest BCUT2D eigenvalue weighted by atomic mass is 35.5. The third kappa shape index (κ3) is 1.64. The molecule has 0 spiro atoms.